The fraction of sp³-hybridized carbons (Fsp3) is 0.250. The zero-order chi connectivity index (χ0) is 19.9. The molecule has 0 atom stereocenters. The second kappa shape index (κ2) is 8.98. The van der Waals surface area contributed by atoms with Gasteiger partial charge in [-0.3, -0.25) is 9.59 Å². The summed E-state index contributed by atoms with van der Waals surface area (Å²) in [5, 5.41) is 10.6. The molecule has 2 aromatic carbocycles. The average molecular weight is 384 g/mol. The van der Waals surface area contributed by atoms with Crippen LogP contribution in [0.25, 0.3) is 0 Å². The molecule has 4 N–H and O–H groups in total. The molecule has 0 spiro atoms. The first kappa shape index (κ1) is 19.3. The summed E-state index contributed by atoms with van der Waals surface area (Å²) in [6.07, 6.45) is 1.86. The SMILES string of the molecule is O=C(NCCNC(=O)c1ccc(NC(=O)C2CC2)cc1)Nc1cccc(F)c1. The van der Waals surface area contributed by atoms with Gasteiger partial charge in [-0.15, -0.1) is 0 Å². The number of hydrogen-bond acceptors (Lipinski definition) is 3. The smallest absolute Gasteiger partial charge is 0.319 e. The van der Waals surface area contributed by atoms with Crippen LogP contribution in [0.2, 0.25) is 0 Å². The van der Waals surface area contributed by atoms with Gasteiger partial charge in [-0.2, -0.15) is 0 Å². The number of benzene rings is 2. The second-order valence-corrected chi connectivity index (χ2v) is 6.49. The van der Waals surface area contributed by atoms with E-state index in [4.69, 9.17) is 0 Å². The normalized spacial score (nSPS) is 12.8. The second-order valence-electron chi connectivity index (χ2n) is 6.49. The lowest BCUT2D eigenvalue weighted by molar-refractivity contribution is -0.117. The van der Waals surface area contributed by atoms with Crippen molar-refractivity contribution in [3.63, 3.8) is 0 Å². The first-order valence-electron chi connectivity index (χ1n) is 9.01. The zero-order valence-electron chi connectivity index (χ0n) is 15.1. The molecule has 1 aliphatic carbocycles. The molecule has 0 aliphatic heterocycles. The Morgan fingerprint density at radius 1 is 0.893 bits per heavy atom. The van der Waals surface area contributed by atoms with Gasteiger partial charge in [0, 0.05) is 35.9 Å². The lowest BCUT2D eigenvalue weighted by Gasteiger charge is -2.09. The summed E-state index contributed by atoms with van der Waals surface area (Å²) >= 11 is 0. The summed E-state index contributed by atoms with van der Waals surface area (Å²) in [7, 11) is 0. The molecule has 1 fully saturated rings. The minimum atomic E-state index is -0.490. The number of hydrogen-bond donors (Lipinski definition) is 4. The highest BCUT2D eigenvalue weighted by atomic mass is 19.1. The van der Waals surface area contributed by atoms with Crippen LogP contribution >= 0.6 is 0 Å². The summed E-state index contributed by atoms with van der Waals surface area (Å²) in [4.78, 5) is 35.5. The van der Waals surface area contributed by atoms with E-state index in [0.29, 0.717) is 16.9 Å². The molecule has 0 unspecified atom stereocenters. The first-order valence-corrected chi connectivity index (χ1v) is 9.01. The van der Waals surface area contributed by atoms with Gasteiger partial charge in [0.05, 0.1) is 0 Å². The van der Waals surface area contributed by atoms with Gasteiger partial charge in [0.2, 0.25) is 5.91 Å². The number of carbonyl (C=O) groups excluding carboxylic acids is 3. The molecule has 146 valence electrons. The van der Waals surface area contributed by atoms with Gasteiger partial charge in [-0.05, 0) is 55.3 Å². The van der Waals surface area contributed by atoms with Gasteiger partial charge in [0.15, 0.2) is 0 Å². The Balaban J connectivity index is 1.36. The van der Waals surface area contributed by atoms with Crippen molar-refractivity contribution in [2.45, 2.75) is 12.8 Å². The van der Waals surface area contributed by atoms with Crippen LogP contribution in [0.5, 0.6) is 0 Å². The Hall–Kier alpha value is -3.42. The van der Waals surface area contributed by atoms with Crippen LogP contribution in [-0.2, 0) is 4.79 Å². The Labute approximate surface area is 161 Å². The maximum Gasteiger partial charge on any atom is 0.319 e. The minimum absolute atomic E-state index is 0.0137. The lowest BCUT2D eigenvalue weighted by atomic mass is 10.2. The number of nitrogens with one attached hydrogen (secondary N) is 4. The third-order valence-corrected chi connectivity index (χ3v) is 4.14. The van der Waals surface area contributed by atoms with Gasteiger partial charge in [0.25, 0.3) is 5.91 Å². The van der Waals surface area contributed by atoms with E-state index in [2.05, 4.69) is 21.3 Å². The quantitative estimate of drug-likeness (QED) is 0.552. The number of anilines is 2. The van der Waals surface area contributed by atoms with E-state index in [1.165, 1.54) is 18.2 Å². The van der Waals surface area contributed by atoms with Crippen molar-refractivity contribution < 1.29 is 18.8 Å². The number of urea groups is 1. The topological polar surface area (TPSA) is 99.3 Å². The zero-order valence-corrected chi connectivity index (χ0v) is 15.1. The number of carbonyl (C=O) groups is 3. The van der Waals surface area contributed by atoms with Crippen molar-refractivity contribution in [2.24, 2.45) is 5.92 Å². The van der Waals surface area contributed by atoms with Crippen LogP contribution in [-0.4, -0.2) is 30.9 Å². The third-order valence-electron chi connectivity index (χ3n) is 4.14. The van der Waals surface area contributed by atoms with Crippen molar-refractivity contribution in [3.05, 3.63) is 59.9 Å². The highest BCUT2D eigenvalue weighted by molar-refractivity contribution is 5.96. The largest absolute Gasteiger partial charge is 0.350 e. The summed E-state index contributed by atoms with van der Waals surface area (Å²) in [6, 6.07) is 11.7. The van der Waals surface area contributed by atoms with E-state index < -0.39 is 11.8 Å². The Kier molecular flexibility index (Phi) is 6.21. The monoisotopic (exact) mass is 384 g/mol. The molecule has 2 aromatic rings. The Morgan fingerprint density at radius 2 is 1.61 bits per heavy atom. The highest BCUT2D eigenvalue weighted by Gasteiger charge is 2.29. The van der Waals surface area contributed by atoms with E-state index in [-0.39, 0.29) is 30.8 Å². The molecule has 1 aliphatic rings. The molecule has 28 heavy (non-hydrogen) atoms. The van der Waals surface area contributed by atoms with Crippen LogP contribution in [0.4, 0.5) is 20.6 Å². The molecule has 1 saturated carbocycles. The molecule has 0 aromatic heterocycles. The van der Waals surface area contributed by atoms with Crippen LogP contribution < -0.4 is 21.3 Å². The van der Waals surface area contributed by atoms with E-state index in [1.807, 2.05) is 0 Å². The lowest BCUT2D eigenvalue weighted by Crippen LogP contribution is -2.36. The van der Waals surface area contributed by atoms with Crippen LogP contribution in [0, 0.1) is 11.7 Å². The van der Waals surface area contributed by atoms with E-state index in [9.17, 15) is 18.8 Å². The molecular weight excluding hydrogens is 363 g/mol. The average Bonchev–Trinajstić information content (AvgIpc) is 3.51. The molecule has 0 heterocycles. The van der Waals surface area contributed by atoms with Crippen LogP contribution in [0.3, 0.4) is 0 Å². The van der Waals surface area contributed by atoms with Crippen molar-refractivity contribution in [1.29, 1.82) is 0 Å². The van der Waals surface area contributed by atoms with Gasteiger partial charge in [-0.25, -0.2) is 9.18 Å². The van der Waals surface area contributed by atoms with Crippen LogP contribution in [0.15, 0.2) is 48.5 Å². The molecule has 0 bridgehead atoms. The summed E-state index contributed by atoms with van der Waals surface area (Å²) in [5.74, 6) is -0.594. The van der Waals surface area contributed by atoms with Gasteiger partial charge in [-0.1, -0.05) is 6.07 Å². The maximum atomic E-state index is 13.1. The van der Waals surface area contributed by atoms with Crippen molar-refractivity contribution in [3.8, 4) is 0 Å². The Bertz CT molecular complexity index is 866. The Morgan fingerprint density at radius 3 is 2.29 bits per heavy atom. The molecule has 3 rings (SSSR count). The van der Waals surface area contributed by atoms with Crippen LogP contribution in [0.1, 0.15) is 23.2 Å². The van der Waals surface area contributed by atoms with Crippen molar-refractivity contribution in [2.75, 3.05) is 23.7 Å². The number of amides is 4. The minimum Gasteiger partial charge on any atom is -0.350 e. The number of rotatable bonds is 7. The van der Waals surface area contributed by atoms with Gasteiger partial charge in [0.1, 0.15) is 5.82 Å². The van der Waals surface area contributed by atoms with Crippen molar-refractivity contribution >= 4 is 29.2 Å². The third kappa shape index (κ3) is 5.80. The predicted molar refractivity (Wildman–Crippen MR) is 104 cm³/mol. The van der Waals surface area contributed by atoms with Gasteiger partial charge < -0.3 is 21.3 Å². The van der Waals surface area contributed by atoms with Gasteiger partial charge >= 0.3 is 6.03 Å². The standard InChI is InChI=1S/C20H21FN4O3/c21-15-2-1-3-17(12-15)25-20(28)23-11-10-22-18(26)13-6-8-16(9-7-13)24-19(27)14-4-5-14/h1-3,6-9,12,14H,4-5,10-11H2,(H,22,26)(H,24,27)(H2,23,25,28). The number of halogens is 1. The van der Waals surface area contributed by atoms with E-state index in [1.54, 1.807) is 30.3 Å². The fourth-order valence-electron chi connectivity index (χ4n) is 2.49. The molecule has 4 amide bonds. The summed E-state index contributed by atoms with van der Waals surface area (Å²) in [5.41, 5.74) is 1.45. The van der Waals surface area contributed by atoms with Crippen molar-refractivity contribution in [1.82, 2.24) is 10.6 Å². The maximum absolute atomic E-state index is 13.1. The molecular formula is C20H21FN4O3. The summed E-state index contributed by atoms with van der Waals surface area (Å²) < 4.78 is 13.1. The fourth-order valence-corrected chi connectivity index (χ4v) is 2.49. The van der Waals surface area contributed by atoms with E-state index in [0.717, 1.165) is 12.8 Å². The molecule has 7 nitrogen and oxygen atoms in total. The van der Waals surface area contributed by atoms with E-state index >= 15 is 0 Å². The predicted octanol–water partition coefficient (Wildman–Crippen LogP) is 2.73. The molecule has 8 heteroatoms. The first-order chi connectivity index (χ1) is 13.5. The highest BCUT2D eigenvalue weighted by Crippen LogP contribution is 2.30. The molecule has 0 saturated heterocycles. The molecule has 0 radical (unpaired) electrons. The summed E-state index contributed by atoms with van der Waals surface area (Å²) in [6.45, 7) is 0.442.